The lowest BCUT2D eigenvalue weighted by Gasteiger charge is -2.24. The molecule has 0 atom stereocenters. The van der Waals surface area contributed by atoms with E-state index in [9.17, 15) is 14.4 Å². The SMILES string of the molecule is CC(C)NC(=O)CCNC(=O)NC(C)(C)CC(=O)O. The molecule has 0 bridgehead atoms. The summed E-state index contributed by atoms with van der Waals surface area (Å²) in [5.74, 6) is -1.12. The maximum Gasteiger partial charge on any atom is 0.315 e. The zero-order valence-electron chi connectivity index (χ0n) is 11.9. The smallest absolute Gasteiger partial charge is 0.315 e. The first-order valence-corrected chi connectivity index (χ1v) is 6.19. The van der Waals surface area contributed by atoms with E-state index in [1.54, 1.807) is 13.8 Å². The quantitative estimate of drug-likeness (QED) is 0.540. The molecule has 0 fully saturated rings. The number of nitrogens with one attached hydrogen (secondary N) is 3. The molecule has 110 valence electrons. The average Bonchev–Trinajstić information content (AvgIpc) is 2.12. The first-order valence-electron chi connectivity index (χ1n) is 6.19. The molecule has 0 aromatic rings. The largest absolute Gasteiger partial charge is 0.481 e. The summed E-state index contributed by atoms with van der Waals surface area (Å²) in [6, 6.07) is -0.417. The summed E-state index contributed by atoms with van der Waals surface area (Å²) in [5, 5.41) is 16.4. The molecule has 7 nitrogen and oxygen atoms in total. The highest BCUT2D eigenvalue weighted by Crippen LogP contribution is 2.07. The van der Waals surface area contributed by atoms with Crippen molar-refractivity contribution in [1.29, 1.82) is 0 Å². The van der Waals surface area contributed by atoms with E-state index in [1.807, 2.05) is 13.8 Å². The van der Waals surface area contributed by atoms with Crippen LogP contribution in [0.1, 0.15) is 40.5 Å². The van der Waals surface area contributed by atoms with E-state index in [0.29, 0.717) is 0 Å². The van der Waals surface area contributed by atoms with Gasteiger partial charge in [-0.1, -0.05) is 0 Å². The molecule has 19 heavy (non-hydrogen) atoms. The van der Waals surface area contributed by atoms with Gasteiger partial charge in [0.2, 0.25) is 5.91 Å². The van der Waals surface area contributed by atoms with Crippen molar-refractivity contribution in [3.05, 3.63) is 0 Å². The lowest BCUT2D eigenvalue weighted by Crippen LogP contribution is -2.50. The minimum absolute atomic E-state index is 0.0656. The average molecular weight is 273 g/mol. The molecule has 0 heterocycles. The Hall–Kier alpha value is -1.79. The lowest BCUT2D eigenvalue weighted by molar-refractivity contribution is -0.138. The number of hydrogen-bond acceptors (Lipinski definition) is 3. The minimum Gasteiger partial charge on any atom is -0.481 e. The second-order valence-corrected chi connectivity index (χ2v) is 5.31. The van der Waals surface area contributed by atoms with E-state index in [4.69, 9.17) is 5.11 Å². The Morgan fingerprint density at radius 2 is 1.79 bits per heavy atom. The highest BCUT2D eigenvalue weighted by molar-refractivity contribution is 5.79. The van der Waals surface area contributed by atoms with Crippen molar-refractivity contribution in [2.45, 2.75) is 52.1 Å². The van der Waals surface area contributed by atoms with Crippen molar-refractivity contribution in [3.8, 4) is 0 Å². The number of carboxylic acid groups (broad SMARTS) is 1. The first kappa shape index (κ1) is 17.2. The predicted molar refractivity (Wildman–Crippen MR) is 70.8 cm³/mol. The van der Waals surface area contributed by atoms with Gasteiger partial charge in [0.15, 0.2) is 0 Å². The molecule has 0 radical (unpaired) electrons. The van der Waals surface area contributed by atoms with Crippen molar-refractivity contribution >= 4 is 17.9 Å². The molecule has 0 aromatic heterocycles. The fraction of sp³-hybridized carbons (Fsp3) is 0.750. The third-order valence-electron chi connectivity index (χ3n) is 2.13. The molecule has 0 spiro atoms. The summed E-state index contributed by atoms with van der Waals surface area (Å²) in [5.41, 5.74) is -0.837. The highest BCUT2D eigenvalue weighted by Gasteiger charge is 2.23. The van der Waals surface area contributed by atoms with Crippen LogP contribution < -0.4 is 16.0 Å². The van der Waals surface area contributed by atoms with Crippen molar-refractivity contribution in [1.82, 2.24) is 16.0 Å². The van der Waals surface area contributed by atoms with Crippen LogP contribution in [0.4, 0.5) is 4.79 Å². The van der Waals surface area contributed by atoms with Crippen LogP contribution in [0.25, 0.3) is 0 Å². The number of urea groups is 1. The summed E-state index contributed by atoms with van der Waals surface area (Å²) in [6.45, 7) is 7.14. The molecule has 0 saturated heterocycles. The predicted octanol–water partition coefficient (Wildman–Crippen LogP) is 0.454. The van der Waals surface area contributed by atoms with E-state index < -0.39 is 17.5 Å². The van der Waals surface area contributed by atoms with Gasteiger partial charge < -0.3 is 21.1 Å². The van der Waals surface area contributed by atoms with Crippen LogP contribution in [0.5, 0.6) is 0 Å². The molecule has 0 aliphatic rings. The van der Waals surface area contributed by atoms with Gasteiger partial charge in [0.05, 0.1) is 6.42 Å². The van der Waals surface area contributed by atoms with Crippen LogP contribution in [-0.4, -0.2) is 41.1 Å². The Bertz CT molecular complexity index is 340. The number of amides is 3. The lowest BCUT2D eigenvalue weighted by atomic mass is 10.0. The summed E-state index contributed by atoms with van der Waals surface area (Å²) < 4.78 is 0. The zero-order valence-corrected chi connectivity index (χ0v) is 11.9. The Morgan fingerprint density at radius 1 is 1.21 bits per heavy atom. The van der Waals surface area contributed by atoms with E-state index in [0.717, 1.165) is 0 Å². The van der Waals surface area contributed by atoms with Crippen molar-refractivity contribution in [2.24, 2.45) is 0 Å². The number of hydrogen-bond donors (Lipinski definition) is 4. The number of carbonyl (C=O) groups is 3. The van der Waals surface area contributed by atoms with Gasteiger partial charge in [-0.15, -0.1) is 0 Å². The van der Waals surface area contributed by atoms with Gasteiger partial charge in [-0.25, -0.2) is 4.79 Å². The van der Waals surface area contributed by atoms with Crippen LogP contribution >= 0.6 is 0 Å². The Morgan fingerprint density at radius 3 is 2.26 bits per heavy atom. The molecule has 0 unspecified atom stereocenters. The monoisotopic (exact) mass is 273 g/mol. The fourth-order valence-corrected chi connectivity index (χ4v) is 1.46. The Labute approximate surface area is 113 Å². The topological polar surface area (TPSA) is 108 Å². The van der Waals surface area contributed by atoms with Crippen LogP contribution in [0.2, 0.25) is 0 Å². The molecular weight excluding hydrogens is 250 g/mol. The standard InChI is InChI=1S/C12H23N3O4/c1-8(2)14-9(16)5-6-13-11(19)15-12(3,4)7-10(17)18/h8H,5-7H2,1-4H3,(H,14,16)(H,17,18)(H2,13,15,19). The molecular formula is C12H23N3O4. The summed E-state index contributed by atoms with van der Waals surface area (Å²) in [6.07, 6.45) is 0.0131. The van der Waals surface area contributed by atoms with Gasteiger partial charge in [0.25, 0.3) is 0 Å². The minimum atomic E-state index is -0.985. The molecule has 0 aromatic carbocycles. The van der Waals surface area contributed by atoms with Crippen molar-refractivity contribution in [3.63, 3.8) is 0 Å². The van der Waals surface area contributed by atoms with E-state index >= 15 is 0 Å². The second-order valence-electron chi connectivity index (χ2n) is 5.31. The van der Waals surface area contributed by atoms with Crippen LogP contribution in [-0.2, 0) is 9.59 Å². The third kappa shape index (κ3) is 9.87. The summed E-state index contributed by atoms with van der Waals surface area (Å²) in [7, 11) is 0. The molecule has 4 N–H and O–H groups in total. The van der Waals surface area contributed by atoms with Crippen molar-refractivity contribution < 1.29 is 19.5 Å². The molecule has 0 aliphatic heterocycles. The maximum absolute atomic E-state index is 11.5. The van der Waals surface area contributed by atoms with Crippen LogP contribution in [0, 0.1) is 0 Å². The van der Waals surface area contributed by atoms with Crippen LogP contribution in [0.15, 0.2) is 0 Å². The summed E-state index contributed by atoms with van der Waals surface area (Å²) >= 11 is 0. The van der Waals surface area contributed by atoms with Gasteiger partial charge in [-0.3, -0.25) is 9.59 Å². The number of carboxylic acids is 1. The Balaban J connectivity index is 3.93. The van der Waals surface area contributed by atoms with Crippen LogP contribution in [0.3, 0.4) is 0 Å². The Kier molecular flexibility index (Phi) is 6.89. The van der Waals surface area contributed by atoms with Crippen molar-refractivity contribution in [2.75, 3.05) is 6.54 Å². The van der Waals surface area contributed by atoms with Gasteiger partial charge in [-0.05, 0) is 27.7 Å². The molecule has 0 saturated carbocycles. The van der Waals surface area contributed by atoms with Gasteiger partial charge >= 0.3 is 12.0 Å². The molecule has 0 rings (SSSR count). The number of carbonyl (C=O) groups excluding carboxylic acids is 2. The number of aliphatic carboxylic acids is 1. The van der Waals surface area contributed by atoms with E-state index in [1.165, 1.54) is 0 Å². The first-order chi connectivity index (χ1) is 8.62. The van der Waals surface area contributed by atoms with E-state index in [2.05, 4.69) is 16.0 Å². The maximum atomic E-state index is 11.5. The second kappa shape index (κ2) is 7.60. The third-order valence-corrected chi connectivity index (χ3v) is 2.13. The van der Waals surface area contributed by atoms with Gasteiger partial charge in [0.1, 0.15) is 0 Å². The number of rotatable bonds is 7. The van der Waals surface area contributed by atoms with Gasteiger partial charge in [-0.2, -0.15) is 0 Å². The molecule has 0 aliphatic carbocycles. The highest BCUT2D eigenvalue weighted by atomic mass is 16.4. The zero-order chi connectivity index (χ0) is 15.1. The fourth-order valence-electron chi connectivity index (χ4n) is 1.46. The van der Waals surface area contributed by atoms with E-state index in [-0.39, 0.29) is 31.3 Å². The summed E-state index contributed by atoms with van der Waals surface area (Å²) in [4.78, 5) is 33.4. The molecule has 3 amide bonds. The molecule has 7 heteroatoms. The van der Waals surface area contributed by atoms with Gasteiger partial charge in [0, 0.05) is 24.5 Å². The normalized spacial score (nSPS) is 11.0.